The zero-order chi connectivity index (χ0) is 22.7. The molecule has 168 valence electrons. The Morgan fingerprint density at radius 3 is 1.93 bits per heavy atom. The molecule has 5 atom stereocenters. The molecular weight excluding hydrogens is 396 g/mol. The topological polar surface area (TPSA) is 151 Å². The third kappa shape index (κ3) is 9.49. The van der Waals surface area contributed by atoms with Crippen LogP contribution in [0.15, 0.2) is 0 Å². The fourth-order valence-electron chi connectivity index (χ4n) is 2.50. The Morgan fingerprint density at radius 2 is 1.48 bits per heavy atom. The molecule has 0 aliphatic rings. The first-order valence-electron chi connectivity index (χ1n) is 9.84. The second-order valence-electron chi connectivity index (χ2n) is 7.56. The second-order valence-corrected chi connectivity index (χ2v) is 8.54. The second kappa shape index (κ2) is 13.4. The Balaban J connectivity index is 4.98. The number of thioether (sulfide) groups is 1. The van der Waals surface area contributed by atoms with E-state index in [0.717, 1.165) is 5.75 Å². The van der Waals surface area contributed by atoms with Gasteiger partial charge in [0.2, 0.25) is 17.7 Å². The summed E-state index contributed by atoms with van der Waals surface area (Å²) in [6, 6.07) is -3.58. The molecule has 0 aromatic rings. The molecule has 29 heavy (non-hydrogen) atoms. The molecule has 6 N–H and O–H groups in total. The fraction of sp³-hybridized carbons (Fsp3) is 0.789. The van der Waals surface area contributed by atoms with Crippen molar-refractivity contribution in [1.82, 2.24) is 16.0 Å². The molecule has 0 aromatic carbocycles. The van der Waals surface area contributed by atoms with Gasteiger partial charge >= 0.3 is 5.97 Å². The summed E-state index contributed by atoms with van der Waals surface area (Å²) >= 11 is 1.58. The Kier molecular flexibility index (Phi) is 12.6. The summed E-state index contributed by atoms with van der Waals surface area (Å²) in [5.41, 5.74) is 5.85. The van der Waals surface area contributed by atoms with Gasteiger partial charge in [-0.25, -0.2) is 4.79 Å². The molecule has 0 bridgehead atoms. The Bertz CT molecular complexity index is 573. The molecule has 0 heterocycles. The van der Waals surface area contributed by atoms with Crippen LogP contribution in [-0.4, -0.2) is 65.0 Å². The molecule has 0 fully saturated rings. The zero-order valence-electron chi connectivity index (χ0n) is 18.2. The average Bonchev–Trinajstić information content (AvgIpc) is 2.66. The molecule has 9 nitrogen and oxygen atoms in total. The number of nitrogens with two attached hydrogens (primary N) is 1. The highest BCUT2D eigenvalue weighted by molar-refractivity contribution is 7.98. The van der Waals surface area contributed by atoms with Gasteiger partial charge in [0, 0.05) is 0 Å². The minimum Gasteiger partial charge on any atom is -0.480 e. The largest absolute Gasteiger partial charge is 0.480 e. The van der Waals surface area contributed by atoms with Crippen LogP contribution >= 0.6 is 11.8 Å². The first kappa shape index (κ1) is 27.2. The van der Waals surface area contributed by atoms with Crippen molar-refractivity contribution in [3.05, 3.63) is 0 Å². The van der Waals surface area contributed by atoms with E-state index in [4.69, 9.17) is 5.73 Å². The molecule has 0 aromatic heterocycles. The number of hydrogen-bond donors (Lipinski definition) is 5. The number of aliphatic carboxylic acids is 1. The van der Waals surface area contributed by atoms with Gasteiger partial charge in [0.25, 0.3) is 0 Å². The van der Waals surface area contributed by atoms with Gasteiger partial charge in [-0.1, -0.05) is 34.1 Å². The van der Waals surface area contributed by atoms with Gasteiger partial charge in [0.1, 0.15) is 18.1 Å². The lowest BCUT2D eigenvalue weighted by Crippen LogP contribution is -2.58. The number of nitrogens with one attached hydrogen (secondary N) is 3. The number of hydrogen-bond acceptors (Lipinski definition) is 6. The predicted molar refractivity (Wildman–Crippen MR) is 114 cm³/mol. The van der Waals surface area contributed by atoms with E-state index < -0.39 is 47.9 Å². The average molecular weight is 433 g/mol. The molecule has 3 amide bonds. The number of carbonyl (C=O) groups excluding carboxylic acids is 3. The molecule has 0 aliphatic heterocycles. The minimum absolute atomic E-state index is 0.228. The van der Waals surface area contributed by atoms with Gasteiger partial charge < -0.3 is 26.8 Å². The van der Waals surface area contributed by atoms with Crippen LogP contribution in [0.25, 0.3) is 0 Å². The monoisotopic (exact) mass is 432 g/mol. The molecule has 0 saturated carbocycles. The van der Waals surface area contributed by atoms with Crippen LogP contribution in [0.2, 0.25) is 0 Å². The molecular formula is C19H36N4O5S. The molecule has 10 heteroatoms. The Hall–Kier alpha value is -1.81. The van der Waals surface area contributed by atoms with Crippen molar-refractivity contribution in [2.24, 2.45) is 17.6 Å². The van der Waals surface area contributed by atoms with Gasteiger partial charge in [-0.3, -0.25) is 14.4 Å². The highest BCUT2D eigenvalue weighted by Crippen LogP contribution is 2.09. The van der Waals surface area contributed by atoms with E-state index >= 15 is 0 Å². The summed E-state index contributed by atoms with van der Waals surface area (Å²) < 4.78 is 0. The predicted octanol–water partition coefficient (Wildman–Crippen LogP) is 0.328. The number of carbonyl (C=O) groups is 4. The lowest BCUT2D eigenvalue weighted by Gasteiger charge is -2.26. The number of carboxylic acid groups (broad SMARTS) is 1. The zero-order valence-corrected chi connectivity index (χ0v) is 19.0. The van der Waals surface area contributed by atoms with Crippen LogP contribution in [0.5, 0.6) is 0 Å². The van der Waals surface area contributed by atoms with Crippen LogP contribution in [-0.2, 0) is 19.2 Å². The molecule has 0 spiro atoms. The van der Waals surface area contributed by atoms with Crippen molar-refractivity contribution in [3.63, 3.8) is 0 Å². The lowest BCUT2D eigenvalue weighted by atomic mass is 9.99. The van der Waals surface area contributed by atoms with Crippen LogP contribution in [0.1, 0.15) is 47.5 Å². The molecule has 0 rings (SSSR count). The number of rotatable bonds is 13. The molecule has 0 aliphatic carbocycles. The summed E-state index contributed by atoms with van der Waals surface area (Å²) in [5.74, 6) is -2.44. The quantitative estimate of drug-likeness (QED) is 0.281. The van der Waals surface area contributed by atoms with E-state index in [2.05, 4.69) is 16.0 Å². The van der Waals surface area contributed by atoms with Crippen molar-refractivity contribution in [2.75, 3.05) is 12.0 Å². The maximum atomic E-state index is 12.6. The van der Waals surface area contributed by atoms with Crippen LogP contribution in [0.3, 0.4) is 0 Å². The van der Waals surface area contributed by atoms with Crippen LogP contribution in [0.4, 0.5) is 0 Å². The third-order valence-corrected chi connectivity index (χ3v) is 5.39. The first-order valence-corrected chi connectivity index (χ1v) is 11.2. The highest BCUT2D eigenvalue weighted by Gasteiger charge is 2.31. The van der Waals surface area contributed by atoms with Gasteiger partial charge in [-0.05, 0) is 37.2 Å². The van der Waals surface area contributed by atoms with Crippen molar-refractivity contribution in [3.8, 4) is 0 Å². The van der Waals surface area contributed by atoms with Gasteiger partial charge in [0.05, 0.1) is 6.04 Å². The molecule has 0 saturated heterocycles. The summed E-state index contributed by atoms with van der Waals surface area (Å²) in [6.07, 6.45) is 2.98. The van der Waals surface area contributed by atoms with Gasteiger partial charge in [0.15, 0.2) is 0 Å². The lowest BCUT2D eigenvalue weighted by molar-refractivity contribution is -0.143. The Morgan fingerprint density at radius 1 is 0.931 bits per heavy atom. The van der Waals surface area contributed by atoms with Crippen molar-refractivity contribution in [1.29, 1.82) is 0 Å². The SMILES string of the molecule is CCC(C)C(NC(=O)C(C)NC(=O)C(NC(=O)C(N)CCSC)C(C)C)C(=O)O. The van der Waals surface area contributed by atoms with Crippen LogP contribution < -0.4 is 21.7 Å². The summed E-state index contributed by atoms with van der Waals surface area (Å²) in [7, 11) is 0. The van der Waals surface area contributed by atoms with E-state index in [-0.39, 0.29) is 11.8 Å². The smallest absolute Gasteiger partial charge is 0.326 e. The number of amides is 3. The normalized spacial score (nSPS) is 16.3. The maximum absolute atomic E-state index is 12.6. The molecule has 0 radical (unpaired) electrons. The van der Waals surface area contributed by atoms with Crippen molar-refractivity contribution in [2.45, 2.75) is 71.6 Å². The standard InChI is InChI=1S/C19H36N4O5S/c1-7-11(4)15(19(27)28)23-16(24)12(5)21-18(26)14(10(2)3)22-17(25)13(20)8-9-29-6/h10-15H,7-9,20H2,1-6H3,(H,21,26)(H,22,25)(H,23,24)(H,27,28). The highest BCUT2D eigenvalue weighted by atomic mass is 32.2. The fourth-order valence-corrected chi connectivity index (χ4v) is 2.99. The summed E-state index contributed by atoms with van der Waals surface area (Å²) in [5, 5.41) is 16.9. The third-order valence-electron chi connectivity index (χ3n) is 4.75. The minimum atomic E-state index is -1.13. The number of carboxylic acids is 1. The van der Waals surface area contributed by atoms with Gasteiger partial charge in [-0.15, -0.1) is 0 Å². The first-order chi connectivity index (χ1) is 13.5. The van der Waals surface area contributed by atoms with E-state index in [1.165, 1.54) is 6.92 Å². The summed E-state index contributed by atoms with van der Waals surface area (Å²) in [6.45, 7) is 8.56. The van der Waals surface area contributed by atoms with Crippen LogP contribution in [0, 0.1) is 11.8 Å². The van der Waals surface area contributed by atoms with E-state index in [1.807, 2.05) is 13.2 Å². The van der Waals surface area contributed by atoms with E-state index in [9.17, 15) is 24.3 Å². The van der Waals surface area contributed by atoms with Crippen molar-refractivity contribution < 1.29 is 24.3 Å². The maximum Gasteiger partial charge on any atom is 0.326 e. The van der Waals surface area contributed by atoms with E-state index in [0.29, 0.717) is 12.8 Å². The Labute approximate surface area is 177 Å². The van der Waals surface area contributed by atoms with Crippen molar-refractivity contribution >= 4 is 35.5 Å². The summed E-state index contributed by atoms with van der Waals surface area (Å²) in [4.78, 5) is 48.6. The van der Waals surface area contributed by atoms with Gasteiger partial charge in [-0.2, -0.15) is 11.8 Å². The molecule has 5 unspecified atom stereocenters. The van der Waals surface area contributed by atoms with E-state index in [1.54, 1.807) is 32.5 Å².